The van der Waals surface area contributed by atoms with E-state index in [9.17, 15) is 4.39 Å². The predicted molar refractivity (Wildman–Crippen MR) is 47.3 cm³/mol. The molecule has 0 aliphatic heterocycles. The van der Waals surface area contributed by atoms with Crippen LogP contribution in [0.1, 0.15) is 16.7 Å². The fraction of sp³-hybridized carbons (Fsp3) is 0.400. The van der Waals surface area contributed by atoms with Crippen LogP contribution in [0, 0.1) is 13.8 Å². The van der Waals surface area contributed by atoms with Crippen LogP contribution in [0.4, 0.5) is 4.39 Å². The van der Waals surface area contributed by atoms with Gasteiger partial charge in [0.05, 0.1) is 7.11 Å². The summed E-state index contributed by atoms with van der Waals surface area (Å²) in [5.41, 5.74) is 2.71. The molecule has 0 atom stereocenters. The van der Waals surface area contributed by atoms with Crippen molar-refractivity contribution in [2.24, 2.45) is 0 Å². The van der Waals surface area contributed by atoms with E-state index in [-0.39, 0.29) is 0 Å². The lowest BCUT2D eigenvalue weighted by molar-refractivity contribution is 0.393. The van der Waals surface area contributed by atoms with E-state index in [0.717, 1.165) is 11.1 Å². The molecule has 12 heavy (non-hydrogen) atoms. The molecule has 0 spiro atoms. The van der Waals surface area contributed by atoms with E-state index < -0.39 is 6.67 Å². The van der Waals surface area contributed by atoms with Crippen molar-refractivity contribution in [1.29, 1.82) is 0 Å². The Bertz CT molecular complexity index is 281. The molecule has 0 N–H and O–H groups in total. The average molecular weight is 168 g/mol. The normalized spacial score (nSPS) is 10.0. The molecule has 0 bridgehead atoms. The van der Waals surface area contributed by atoms with E-state index in [1.165, 1.54) is 0 Å². The van der Waals surface area contributed by atoms with Gasteiger partial charge in [-0.2, -0.15) is 0 Å². The van der Waals surface area contributed by atoms with Gasteiger partial charge in [0, 0.05) is 5.56 Å². The van der Waals surface area contributed by atoms with Crippen molar-refractivity contribution in [3.8, 4) is 5.75 Å². The van der Waals surface area contributed by atoms with E-state index in [4.69, 9.17) is 4.74 Å². The summed E-state index contributed by atoms with van der Waals surface area (Å²) in [5, 5.41) is 0. The van der Waals surface area contributed by atoms with Gasteiger partial charge in [-0.3, -0.25) is 0 Å². The van der Waals surface area contributed by atoms with Gasteiger partial charge in [-0.05, 0) is 31.0 Å². The second-order valence-corrected chi connectivity index (χ2v) is 2.90. The Kier molecular flexibility index (Phi) is 2.69. The smallest absolute Gasteiger partial charge is 0.125 e. The molecule has 0 aliphatic carbocycles. The first-order valence-electron chi connectivity index (χ1n) is 3.89. The average Bonchev–Trinajstić information content (AvgIpc) is 2.03. The van der Waals surface area contributed by atoms with Crippen LogP contribution in [0.15, 0.2) is 12.1 Å². The highest BCUT2D eigenvalue weighted by Gasteiger charge is 2.06. The van der Waals surface area contributed by atoms with Crippen LogP contribution < -0.4 is 4.74 Å². The standard InChI is InChI=1S/C10H13FO/c1-7-4-8(2)9(6-11)10(5-7)12-3/h4-5H,6H2,1-3H3. The summed E-state index contributed by atoms with van der Waals surface area (Å²) in [6.07, 6.45) is 0. The number of hydrogen-bond acceptors (Lipinski definition) is 1. The van der Waals surface area contributed by atoms with Crippen molar-refractivity contribution in [1.82, 2.24) is 0 Å². The summed E-state index contributed by atoms with van der Waals surface area (Å²) in [7, 11) is 1.56. The number of rotatable bonds is 2. The minimum atomic E-state index is -0.463. The maximum absolute atomic E-state index is 12.5. The summed E-state index contributed by atoms with van der Waals surface area (Å²) in [6, 6.07) is 3.80. The SMILES string of the molecule is COc1cc(C)cc(C)c1CF. The van der Waals surface area contributed by atoms with Crippen molar-refractivity contribution >= 4 is 0 Å². The van der Waals surface area contributed by atoms with Crippen LogP contribution in [0.3, 0.4) is 0 Å². The van der Waals surface area contributed by atoms with Crippen LogP contribution in [0.25, 0.3) is 0 Å². The van der Waals surface area contributed by atoms with E-state index in [0.29, 0.717) is 11.3 Å². The molecule has 0 heterocycles. The Hall–Kier alpha value is -1.05. The van der Waals surface area contributed by atoms with Crippen molar-refractivity contribution < 1.29 is 9.13 Å². The number of benzene rings is 1. The molecule has 0 saturated heterocycles. The van der Waals surface area contributed by atoms with E-state index in [1.807, 2.05) is 26.0 Å². The molecular weight excluding hydrogens is 155 g/mol. The maximum atomic E-state index is 12.5. The van der Waals surface area contributed by atoms with Crippen LogP contribution in [0.2, 0.25) is 0 Å². The molecule has 66 valence electrons. The second-order valence-electron chi connectivity index (χ2n) is 2.90. The molecule has 0 fully saturated rings. The number of halogens is 1. The molecule has 1 aromatic carbocycles. The topological polar surface area (TPSA) is 9.23 Å². The highest BCUT2D eigenvalue weighted by atomic mass is 19.1. The molecule has 1 rings (SSSR count). The zero-order valence-electron chi connectivity index (χ0n) is 7.65. The molecule has 0 aromatic heterocycles. The van der Waals surface area contributed by atoms with E-state index in [2.05, 4.69) is 0 Å². The number of methoxy groups -OCH3 is 1. The second kappa shape index (κ2) is 3.57. The minimum absolute atomic E-state index is 0.463. The number of hydrogen-bond donors (Lipinski definition) is 0. The van der Waals surface area contributed by atoms with Crippen molar-refractivity contribution in [2.45, 2.75) is 20.5 Å². The molecule has 0 unspecified atom stereocenters. The van der Waals surface area contributed by atoms with Crippen molar-refractivity contribution in [3.63, 3.8) is 0 Å². The van der Waals surface area contributed by atoms with Crippen molar-refractivity contribution in [2.75, 3.05) is 7.11 Å². The van der Waals surface area contributed by atoms with Gasteiger partial charge < -0.3 is 4.74 Å². The van der Waals surface area contributed by atoms with Crippen LogP contribution in [0.5, 0.6) is 5.75 Å². The van der Waals surface area contributed by atoms with E-state index in [1.54, 1.807) is 7.11 Å². The van der Waals surface area contributed by atoms with Gasteiger partial charge in [-0.15, -0.1) is 0 Å². The summed E-state index contributed by atoms with van der Waals surface area (Å²) in [5.74, 6) is 0.648. The molecule has 2 heteroatoms. The van der Waals surface area contributed by atoms with Crippen molar-refractivity contribution in [3.05, 3.63) is 28.8 Å². The highest BCUT2D eigenvalue weighted by molar-refractivity contribution is 5.42. The molecule has 0 radical (unpaired) electrons. The first-order chi connectivity index (χ1) is 5.69. The quantitative estimate of drug-likeness (QED) is 0.659. The van der Waals surface area contributed by atoms with Gasteiger partial charge in [0.25, 0.3) is 0 Å². The predicted octanol–water partition coefficient (Wildman–Crippen LogP) is 2.78. The Morgan fingerprint density at radius 2 is 2.00 bits per heavy atom. The summed E-state index contributed by atoms with van der Waals surface area (Å²) >= 11 is 0. The van der Waals surface area contributed by atoms with Gasteiger partial charge in [0.15, 0.2) is 0 Å². The Morgan fingerprint density at radius 1 is 1.33 bits per heavy atom. The number of aryl methyl sites for hydroxylation is 2. The third-order valence-electron chi connectivity index (χ3n) is 1.93. The van der Waals surface area contributed by atoms with Crippen LogP contribution >= 0.6 is 0 Å². The summed E-state index contributed by atoms with van der Waals surface area (Å²) in [6.45, 7) is 3.40. The first-order valence-corrected chi connectivity index (χ1v) is 3.89. The van der Waals surface area contributed by atoms with Gasteiger partial charge in [-0.25, -0.2) is 4.39 Å². The Morgan fingerprint density at radius 3 is 2.50 bits per heavy atom. The number of alkyl halides is 1. The fourth-order valence-electron chi connectivity index (χ4n) is 1.31. The molecule has 0 amide bonds. The minimum Gasteiger partial charge on any atom is -0.496 e. The Balaban J connectivity index is 3.24. The van der Waals surface area contributed by atoms with Gasteiger partial charge >= 0.3 is 0 Å². The third kappa shape index (κ3) is 1.58. The van der Waals surface area contributed by atoms with Crippen LogP contribution in [-0.2, 0) is 6.67 Å². The monoisotopic (exact) mass is 168 g/mol. The fourth-order valence-corrected chi connectivity index (χ4v) is 1.31. The molecular formula is C10H13FO. The van der Waals surface area contributed by atoms with Crippen LogP contribution in [-0.4, -0.2) is 7.11 Å². The summed E-state index contributed by atoms with van der Waals surface area (Å²) < 4.78 is 17.5. The maximum Gasteiger partial charge on any atom is 0.125 e. The lowest BCUT2D eigenvalue weighted by atomic mass is 10.1. The lowest BCUT2D eigenvalue weighted by Gasteiger charge is -2.09. The first kappa shape index (κ1) is 9.04. The van der Waals surface area contributed by atoms with Gasteiger partial charge in [-0.1, -0.05) is 6.07 Å². The highest BCUT2D eigenvalue weighted by Crippen LogP contribution is 2.24. The largest absolute Gasteiger partial charge is 0.496 e. The van der Waals surface area contributed by atoms with E-state index >= 15 is 0 Å². The van der Waals surface area contributed by atoms with Gasteiger partial charge in [0.1, 0.15) is 12.4 Å². The molecule has 1 nitrogen and oxygen atoms in total. The summed E-state index contributed by atoms with van der Waals surface area (Å²) in [4.78, 5) is 0. The zero-order valence-corrected chi connectivity index (χ0v) is 7.65. The molecule has 0 saturated carbocycles. The number of ether oxygens (including phenoxy) is 1. The van der Waals surface area contributed by atoms with Gasteiger partial charge in [0.2, 0.25) is 0 Å². The Labute approximate surface area is 72.2 Å². The third-order valence-corrected chi connectivity index (χ3v) is 1.93. The molecule has 1 aromatic rings. The molecule has 0 aliphatic rings. The zero-order chi connectivity index (χ0) is 9.14. The lowest BCUT2D eigenvalue weighted by Crippen LogP contribution is -1.94.